The molecule has 1 aromatic heterocycles. The number of carbonyl (C=O) groups is 2. The molecule has 0 saturated heterocycles. The standard InChI is InChI=1S/C23H32N4O3/c1-15(24-22(30)20(28)16-10-6-4-7-11-16)21(29)25-19-14-18(26-27-19)23(2,3)17-12-8-5-9-13-17/h5,8-9,12-16,20,28H,4,6-7,10-11H2,1-3H3,(H,24,30)(H2,25,26,27,29). The number of hydrogen-bond acceptors (Lipinski definition) is 4. The van der Waals surface area contributed by atoms with Gasteiger partial charge >= 0.3 is 0 Å². The topological polar surface area (TPSA) is 107 Å². The van der Waals surface area contributed by atoms with Crippen molar-refractivity contribution >= 4 is 17.6 Å². The van der Waals surface area contributed by atoms with E-state index in [4.69, 9.17) is 0 Å². The van der Waals surface area contributed by atoms with Gasteiger partial charge in [0.1, 0.15) is 12.1 Å². The van der Waals surface area contributed by atoms with E-state index in [-0.39, 0.29) is 17.2 Å². The van der Waals surface area contributed by atoms with Crippen LogP contribution in [0.3, 0.4) is 0 Å². The van der Waals surface area contributed by atoms with Gasteiger partial charge in [0.25, 0.3) is 0 Å². The molecule has 1 aromatic carbocycles. The number of anilines is 1. The first-order chi connectivity index (χ1) is 14.3. The van der Waals surface area contributed by atoms with Gasteiger partial charge in [-0.25, -0.2) is 0 Å². The summed E-state index contributed by atoms with van der Waals surface area (Å²) in [7, 11) is 0. The molecular formula is C23H32N4O3. The lowest BCUT2D eigenvalue weighted by atomic mass is 9.82. The van der Waals surface area contributed by atoms with Crippen molar-refractivity contribution in [1.29, 1.82) is 0 Å². The van der Waals surface area contributed by atoms with Crippen molar-refractivity contribution in [3.63, 3.8) is 0 Å². The Kier molecular flexibility index (Phi) is 6.92. The van der Waals surface area contributed by atoms with Crippen molar-refractivity contribution in [3.8, 4) is 0 Å². The predicted molar refractivity (Wildman–Crippen MR) is 116 cm³/mol. The summed E-state index contributed by atoms with van der Waals surface area (Å²) in [4.78, 5) is 24.9. The average molecular weight is 413 g/mol. The molecular weight excluding hydrogens is 380 g/mol. The van der Waals surface area contributed by atoms with Crippen LogP contribution in [-0.2, 0) is 15.0 Å². The molecule has 1 aliphatic rings. The Bertz CT molecular complexity index is 856. The Labute approximate surface area is 177 Å². The van der Waals surface area contributed by atoms with Gasteiger partial charge in [-0.05, 0) is 31.2 Å². The second kappa shape index (κ2) is 9.43. The molecule has 2 amide bonds. The van der Waals surface area contributed by atoms with Crippen molar-refractivity contribution in [1.82, 2.24) is 15.5 Å². The largest absolute Gasteiger partial charge is 0.383 e. The summed E-state index contributed by atoms with van der Waals surface area (Å²) in [6.07, 6.45) is 3.85. The zero-order valence-corrected chi connectivity index (χ0v) is 17.9. The van der Waals surface area contributed by atoms with Gasteiger partial charge in [-0.1, -0.05) is 63.4 Å². The molecule has 1 aliphatic carbocycles. The smallest absolute Gasteiger partial charge is 0.249 e. The molecule has 4 N–H and O–H groups in total. The highest BCUT2D eigenvalue weighted by molar-refractivity contribution is 5.96. The average Bonchev–Trinajstić information content (AvgIpc) is 3.23. The predicted octanol–water partition coefficient (Wildman–Crippen LogP) is 3.12. The Hall–Kier alpha value is -2.67. The summed E-state index contributed by atoms with van der Waals surface area (Å²) in [5.41, 5.74) is 1.69. The Morgan fingerprint density at radius 3 is 2.47 bits per heavy atom. The van der Waals surface area contributed by atoms with Gasteiger partial charge < -0.3 is 15.7 Å². The lowest BCUT2D eigenvalue weighted by Gasteiger charge is -2.26. The molecule has 0 aliphatic heterocycles. The highest BCUT2D eigenvalue weighted by atomic mass is 16.3. The first kappa shape index (κ1) is 22.0. The monoisotopic (exact) mass is 412 g/mol. The first-order valence-corrected chi connectivity index (χ1v) is 10.7. The number of H-pyrrole nitrogens is 1. The van der Waals surface area contributed by atoms with E-state index in [9.17, 15) is 14.7 Å². The van der Waals surface area contributed by atoms with Crippen LogP contribution < -0.4 is 10.6 Å². The highest BCUT2D eigenvalue weighted by Crippen LogP contribution is 2.31. The SMILES string of the molecule is CC(NC(=O)C(O)C1CCCCC1)C(=O)Nc1cc(C(C)(C)c2ccccc2)[nH]n1. The van der Waals surface area contributed by atoms with Gasteiger partial charge in [-0.15, -0.1) is 0 Å². The molecule has 0 bridgehead atoms. The Morgan fingerprint density at radius 1 is 1.13 bits per heavy atom. The van der Waals surface area contributed by atoms with Crippen LogP contribution in [0, 0.1) is 5.92 Å². The lowest BCUT2D eigenvalue weighted by molar-refractivity contribution is -0.135. The van der Waals surface area contributed by atoms with Crippen LogP contribution in [0.5, 0.6) is 0 Å². The number of carbonyl (C=O) groups excluding carboxylic acids is 2. The summed E-state index contributed by atoms with van der Waals surface area (Å²) < 4.78 is 0. The van der Waals surface area contributed by atoms with Crippen LogP contribution in [0.25, 0.3) is 0 Å². The summed E-state index contributed by atoms with van der Waals surface area (Å²) in [6.45, 7) is 5.76. The second-order valence-electron chi connectivity index (χ2n) is 8.72. The number of nitrogens with one attached hydrogen (secondary N) is 3. The van der Waals surface area contributed by atoms with E-state index in [0.29, 0.717) is 5.82 Å². The molecule has 0 radical (unpaired) electrons. The molecule has 1 saturated carbocycles. The maximum Gasteiger partial charge on any atom is 0.249 e. The molecule has 7 nitrogen and oxygen atoms in total. The fourth-order valence-corrected chi connectivity index (χ4v) is 3.98. The van der Waals surface area contributed by atoms with E-state index in [2.05, 4.69) is 34.7 Å². The number of amides is 2. The van der Waals surface area contributed by atoms with Crippen molar-refractivity contribution < 1.29 is 14.7 Å². The van der Waals surface area contributed by atoms with Gasteiger partial charge in [-0.2, -0.15) is 5.10 Å². The summed E-state index contributed by atoms with van der Waals surface area (Å²) in [5, 5.41) is 22.9. The number of rotatable bonds is 7. The molecule has 3 rings (SSSR count). The minimum Gasteiger partial charge on any atom is -0.383 e. The van der Waals surface area contributed by atoms with Crippen LogP contribution in [0.2, 0.25) is 0 Å². The fraction of sp³-hybridized carbons (Fsp3) is 0.522. The zero-order valence-electron chi connectivity index (χ0n) is 17.9. The van der Waals surface area contributed by atoms with Gasteiger partial charge in [0.05, 0.1) is 0 Å². The third kappa shape index (κ3) is 5.08. The fourth-order valence-electron chi connectivity index (χ4n) is 3.98. The lowest BCUT2D eigenvalue weighted by Crippen LogP contribution is -2.48. The van der Waals surface area contributed by atoms with Crippen molar-refractivity contribution in [2.45, 2.75) is 70.4 Å². The quantitative estimate of drug-likeness (QED) is 0.560. The molecule has 2 atom stereocenters. The van der Waals surface area contributed by atoms with Crippen LogP contribution in [-0.4, -0.2) is 39.3 Å². The zero-order chi connectivity index (χ0) is 21.7. The van der Waals surface area contributed by atoms with Crippen molar-refractivity contribution in [3.05, 3.63) is 47.7 Å². The first-order valence-electron chi connectivity index (χ1n) is 10.7. The van der Waals surface area contributed by atoms with Crippen LogP contribution in [0.1, 0.15) is 64.1 Å². The number of aliphatic hydroxyl groups is 1. The van der Waals surface area contributed by atoms with Crippen LogP contribution >= 0.6 is 0 Å². The summed E-state index contributed by atoms with van der Waals surface area (Å²) in [5.74, 6) is -0.497. The number of aliphatic hydroxyl groups excluding tert-OH is 1. The third-order valence-corrected chi connectivity index (χ3v) is 6.11. The van der Waals surface area contributed by atoms with Gasteiger partial charge in [-0.3, -0.25) is 14.7 Å². The molecule has 2 aromatic rings. The molecule has 162 valence electrons. The van der Waals surface area contributed by atoms with Crippen LogP contribution in [0.4, 0.5) is 5.82 Å². The molecule has 7 heteroatoms. The Morgan fingerprint density at radius 2 is 1.80 bits per heavy atom. The van der Waals surface area contributed by atoms with Crippen molar-refractivity contribution in [2.24, 2.45) is 5.92 Å². The minimum absolute atomic E-state index is 0.0249. The summed E-state index contributed by atoms with van der Waals surface area (Å²) >= 11 is 0. The number of nitrogens with zero attached hydrogens (tertiary/aromatic N) is 1. The van der Waals surface area contributed by atoms with E-state index in [1.54, 1.807) is 13.0 Å². The normalized spacial score (nSPS) is 17.2. The van der Waals surface area contributed by atoms with E-state index >= 15 is 0 Å². The maximum atomic E-state index is 12.5. The van der Waals surface area contributed by atoms with Gasteiger partial charge in [0, 0.05) is 17.2 Å². The molecule has 2 unspecified atom stereocenters. The maximum absolute atomic E-state index is 12.5. The molecule has 0 spiro atoms. The Balaban J connectivity index is 1.57. The van der Waals surface area contributed by atoms with Gasteiger partial charge in [0.2, 0.25) is 11.8 Å². The summed E-state index contributed by atoms with van der Waals surface area (Å²) in [6, 6.07) is 11.1. The second-order valence-corrected chi connectivity index (χ2v) is 8.72. The van der Waals surface area contributed by atoms with E-state index in [1.165, 1.54) is 0 Å². The third-order valence-electron chi connectivity index (χ3n) is 6.11. The number of aromatic nitrogens is 2. The van der Waals surface area contributed by atoms with Crippen molar-refractivity contribution in [2.75, 3.05) is 5.32 Å². The molecule has 1 heterocycles. The van der Waals surface area contributed by atoms with E-state index in [0.717, 1.165) is 43.4 Å². The van der Waals surface area contributed by atoms with E-state index < -0.39 is 18.1 Å². The highest BCUT2D eigenvalue weighted by Gasteiger charge is 2.30. The number of hydrogen-bond donors (Lipinski definition) is 4. The minimum atomic E-state index is -1.07. The molecule has 30 heavy (non-hydrogen) atoms. The number of benzene rings is 1. The van der Waals surface area contributed by atoms with Gasteiger partial charge in [0.15, 0.2) is 5.82 Å². The number of aromatic amines is 1. The molecule has 1 fully saturated rings. The van der Waals surface area contributed by atoms with E-state index in [1.807, 2.05) is 30.3 Å². The van der Waals surface area contributed by atoms with Crippen LogP contribution in [0.15, 0.2) is 36.4 Å².